The van der Waals surface area contributed by atoms with Gasteiger partial charge in [-0.25, -0.2) is 19.9 Å². The van der Waals surface area contributed by atoms with E-state index in [0.29, 0.717) is 11.9 Å². The predicted octanol–water partition coefficient (Wildman–Crippen LogP) is 3.41. The van der Waals surface area contributed by atoms with Crippen molar-refractivity contribution in [3.05, 3.63) is 36.4 Å². The zero-order chi connectivity index (χ0) is 13.3. The summed E-state index contributed by atoms with van der Waals surface area (Å²) in [4.78, 5) is 16.2. The summed E-state index contributed by atoms with van der Waals surface area (Å²) >= 11 is 0. The molecule has 2 rings (SSSR count). The third-order valence-corrected chi connectivity index (χ3v) is 2.54. The fourth-order valence-corrected chi connectivity index (χ4v) is 1.54. The molecule has 6 heteroatoms. The first-order valence-electron chi connectivity index (χ1n) is 6.38. The molecule has 0 aromatic carbocycles. The van der Waals surface area contributed by atoms with Crippen LogP contribution in [0.5, 0.6) is 0 Å². The van der Waals surface area contributed by atoms with Crippen molar-refractivity contribution < 1.29 is 0 Å². The van der Waals surface area contributed by atoms with Crippen LogP contribution in [0, 0.1) is 0 Å². The number of hydrogen-bond donors (Lipinski definition) is 0. The molecule has 0 radical (unpaired) electrons. The van der Waals surface area contributed by atoms with E-state index in [-0.39, 0.29) is 0 Å². The number of hydrogen-bond acceptors (Lipinski definition) is 6. The highest BCUT2D eigenvalue weighted by molar-refractivity contribution is 5.18. The minimum Gasteiger partial charge on any atom is -0.218 e. The van der Waals surface area contributed by atoms with E-state index in [4.69, 9.17) is 0 Å². The van der Waals surface area contributed by atoms with Gasteiger partial charge in [0, 0.05) is 24.8 Å². The number of nitrogens with zero attached hydrogens (tertiary/aromatic N) is 6. The van der Waals surface area contributed by atoms with Gasteiger partial charge in [-0.2, -0.15) is 0 Å². The highest BCUT2D eigenvalue weighted by Crippen LogP contribution is 2.10. The minimum atomic E-state index is 0.304. The second kappa shape index (κ2) is 7.25. The molecule has 0 bridgehead atoms. The van der Waals surface area contributed by atoms with Crippen LogP contribution >= 0.6 is 0 Å². The first-order valence-corrected chi connectivity index (χ1v) is 6.38. The highest BCUT2D eigenvalue weighted by Gasteiger charge is 1.97. The molecule has 2 aromatic rings. The van der Waals surface area contributed by atoms with Crippen LogP contribution in [0.25, 0.3) is 0 Å². The van der Waals surface area contributed by atoms with Gasteiger partial charge < -0.3 is 0 Å². The first kappa shape index (κ1) is 13.2. The van der Waals surface area contributed by atoms with Gasteiger partial charge in [-0.15, -0.1) is 10.2 Å². The van der Waals surface area contributed by atoms with E-state index >= 15 is 0 Å². The Kier molecular flexibility index (Phi) is 5.04. The van der Waals surface area contributed by atoms with Gasteiger partial charge >= 0.3 is 0 Å². The monoisotopic (exact) mass is 256 g/mol. The molecule has 98 valence electrons. The molecule has 6 nitrogen and oxygen atoms in total. The van der Waals surface area contributed by atoms with Gasteiger partial charge in [0.2, 0.25) is 0 Å². The van der Waals surface area contributed by atoms with E-state index in [0.717, 1.165) is 12.0 Å². The summed E-state index contributed by atoms with van der Waals surface area (Å²) in [6.45, 7) is 2.19. The van der Waals surface area contributed by atoms with Crippen LogP contribution in [-0.4, -0.2) is 19.9 Å². The molecule has 0 saturated carbocycles. The molecule has 0 atom stereocenters. The Bertz CT molecular complexity index is 508. The van der Waals surface area contributed by atoms with E-state index in [2.05, 4.69) is 37.1 Å². The van der Waals surface area contributed by atoms with Crippen LogP contribution in [-0.2, 0) is 6.42 Å². The van der Waals surface area contributed by atoms with E-state index in [1.165, 1.54) is 19.3 Å². The van der Waals surface area contributed by atoms with Crippen molar-refractivity contribution in [1.29, 1.82) is 0 Å². The fourth-order valence-electron chi connectivity index (χ4n) is 1.54. The molecule has 0 saturated heterocycles. The topological polar surface area (TPSA) is 76.3 Å². The lowest BCUT2D eigenvalue weighted by atomic mass is 10.1. The van der Waals surface area contributed by atoms with Crippen LogP contribution in [0.2, 0.25) is 0 Å². The molecule has 0 aliphatic heterocycles. The molecular formula is C13H16N6. The van der Waals surface area contributed by atoms with Gasteiger partial charge in [-0.05, 0) is 24.5 Å². The zero-order valence-electron chi connectivity index (χ0n) is 10.9. The molecule has 0 aliphatic rings. The number of unbranched alkanes of at least 4 members (excludes halogenated alkanes) is 2. The van der Waals surface area contributed by atoms with E-state index in [9.17, 15) is 0 Å². The quantitative estimate of drug-likeness (QED) is 0.586. The molecule has 0 amide bonds. The lowest BCUT2D eigenvalue weighted by Gasteiger charge is -1.98. The maximum Gasteiger partial charge on any atom is 0.268 e. The lowest BCUT2D eigenvalue weighted by molar-refractivity contribution is 0.714. The van der Waals surface area contributed by atoms with Crippen LogP contribution < -0.4 is 0 Å². The maximum absolute atomic E-state index is 4.15. The van der Waals surface area contributed by atoms with Crippen molar-refractivity contribution in [2.75, 3.05) is 0 Å². The Labute approximate surface area is 112 Å². The maximum atomic E-state index is 4.15. The third kappa shape index (κ3) is 4.50. The van der Waals surface area contributed by atoms with E-state index in [1.54, 1.807) is 30.9 Å². The summed E-state index contributed by atoms with van der Waals surface area (Å²) in [6, 6.07) is 1.72. The third-order valence-electron chi connectivity index (χ3n) is 2.54. The average Bonchev–Trinajstić information content (AvgIpc) is 2.48. The number of rotatable bonds is 6. The van der Waals surface area contributed by atoms with Crippen molar-refractivity contribution in [3.63, 3.8) is 0 Å². The van der Waals surface area contributed by atoms with Crippen molar-refractivity contribution in [2.24, 2.45) is 10.2 Å². The molecule has 2 aromatic heterocycles. The largest absolute Gasteiger partial charge is 0.268 e. The molecular weight excluding hydrogens is 240 g/mol. The Hall–Kier alpha value is -2.24. The molecule has 0 unspecified atom stereocenters. The van der Waals surface area contributed by atoms with Crippen molar-refractivity contribution >= 4 is 11.9 Å². The summed E-state index contributed by atoms with van der Waals surface area (Å²) in [5.74, 6) is 0.629. The molecule has 0 fully saturated rings. The first-order chi connectivity index (χ1) is 9.38. The number of azo groups is 1. The summed E-state index contributed by atoms with van der Waals surface area (Å²) in [5.41, 5.74) is 1.13. The predicted molar refractivity (Wildman–Crippen MR) is 71.5 cm³/mol. The normalized spacial score (nSPS) is 11.0. The molecule has 0 aliphatic carbocycles. The van der Waals surface area contributed by atoms with Crippen LogP contribution in [0.1, 0.15) is 31.7 Å². The summed E-state index contributed by atoms with van der Waals surface area (Å²) in [7, 11) is 0. The van der Waals surface area contributed by atoms with Crippen LogP contribution in [0.4, 0.5) is 11.9 Å². The van der Waals surface area contributed by atoms with Crippen LogP contribution in [0.3, 0.4) is 0 Å². The standard InChI is InChI=1S/C13H16N6/c1-2-3-4-6-11-9-16-13(17-10-11)19-18-12-14-7-5-8-15-12/h5,7-10H,2-4,6H2,1H3. The average molecular weight is 256 g/mol. The van der Waals surface area contributed by atoms with Gasteiger partial charge in [0.05, 0.1) is 0 Å². The molecule has 2 heterocycles. The number of aryl methyl sites for hydroxylation is 1. The van der Waals surface area contributed by atoms with Gasteiger partial charge in [0.1, 0.15) is 0 Å². The van der Waals surface area contributed by atoms with E-state index < -0.39 is 0 Å². The number of aromatic nitrogens is 4. The molecule has 0 N–H and O–H groups in total. The van der Waals surface area contributed by atoms with Gasteiger partial charge in [0.25, 0.3) is 11.9 Å². The molecule has 0 spiro atoms. The van der Waals surface area contributed by atoms with Crippen molar-refractivity contribution in [1.82, 2.24) is 19.9 Å². The Balaban J connectivity index is 1.93. The second-order valence-corrected chi connectivity index (χ2v) is 4.10. The minimum absolute atomic E-state index is 0.304. The Morgan fingerprint density at radius 3 is 2.16 bits per heavy atom. The molecule has 19 heavy (non-hydrogen) atoms. The Morgan fingerprint density at radius 1 is 0.895 bits per heavy atom. The van der Waals surface area contributed by atoms with E-state index in [1.807, 2.05) is 0 Å². The fraction of sp³-hybridized carbons (Fsp3) is 0.385. The highest BCUT2D eigenvalue weighted by atomic mass is 15.2. The second-order valence-electron chi connectivity index (χ2n) is 4.10. The lowest BCUT2D eigenvalue weighted by Crippen LogP contribution is -1.89. The zero-order valence-corrected chi connectivity index (χ0v) is 10.9. The van der Waals surface area contributed by atoms with Gasteiger partial charge in [0.15, 0.2) is 0 Å². The summed E-state index contributed by atoms with van der Waals surface area (Å²) < 4.78 is 0. The van der Waals surface area contributed by atoms with Crippen LogP contribution in [0.15, 0.2) is 41.1 Å². The van der Waals surface area contributed by atoms with Gasteiger partial charge in [-0.3, -0.25) is 0 Å². The van der Waals surface area contributed by atoms with Crippen molar-refractivity contribution in [3.8, 4) is 0 Å². The summed E-state index contributed by atoms with van der Waals surface area (Å²) in [6.07, 6.45) is 11.4. The smallest absolute Gasteiger partial charge is 0.218 e. The summed E-state index contributed by atoms with van der Waals surface area (Å²) in [5, 5.41) is 7.75. The van der Waals surface area contributed by atoms with Gasteiger partial charge in [-0.1, -0.05) is 19.8 Å². The SMILES string of the molecule is CCCCCc1cnc(N=Nc2ncccn2)nc1. The van der Waals surface area contributed by atoms with Crippen molar-refractivity contribution in [2.45, 2.75) is 32.6 Å². The Morgan fingerprint density at radius 2 is 1.53 bits per heavy atom.